The highest BCUT2D eigenvalue weighted by atomic mass is 79.9. The van der Waals surface area contributed by atoms with Crippen molar-refractivity contribution in [3.63, 3.8) is 0 Å². The summed E-state index contributed by atoms with van der Waals surface area (Å²) in [4.78, 5) is 0. The smallest absolute Gasteiger partial charge is 0.135 e. The third kappa shape index (κ3) is 3.76. The van der Waals surface area contributed by atoms with E-state index >= 15 is 0 Å². The minimum atomic E-state index is 0.481. The highest BCUT2D eigenvalue weighted by molar-refractivity contribution is 9.10. The number of nitrogens with one attached hydrogen (secondary N) is 1. The fourth-order valence-corrected chi connectivity index (χ4v) is 2.34. The van der Waals surface area contributed by atoms with E-state index in [1.165, 1.54) is 11.5 Å². The predicted molar refractivity (Wildman–Crippen MR) is 76.7 cm³/mol. The summed E-state index contributed by atoms with van der Waals surface area (Å²) in [7, 11) is 0. The van der Waals surface area contributed by atoms with Crippen molar-refractivity contribution in [3.8, 4) is 0 Å². The van der Waals surface area contributed by atoms with Crippen LogP contribution in [-0.4, -0.2) is 16.1 Å². The number of hydrogen-bond acceptors (Lipinski definition) is 5. The molecule has 1 aromatic carbocycles. The van der Waals surface area contributed by atoms with Gasteiger partial charge in [-0.3, -0.25) is 0 Å². The van der Waals surface area contributed by atoms with E-state index in [0.717, 1.165) is 27.3 Å². The van der Waals surface area contributed by atoms with Crippen molar-refractivity contribution >= 4 is 32.5 Å². The fourth-order valence-electron chi connectivity index (χ4n) is 1.44. The molecule has 0 aliphatic carbocycles. The Balaban J connectivity index is 1.84. The van der Waals surface area contributed by atoms with Crippen LogP contribution in [0.2, 0.25) is 0 Å². The second kappa shape index (κ2) is 6.82. The molecule has 0 fully saturated rings. The number of aromatic nitrogens is 2. The van der Waals surface area contributed by atoms with Gasteiger partial charge in [0.15, 0.2) is 0 Å². The zero-order valence-corrected chi connectivity index (χ0v) is 12.4. The van der Waals surface area contributed by atoms with Gasteiger partial charge < -0.3 is 10.1 Å². The molecule has 0 atom stereocenters. The van der Waals surface area contributed by atoms with Gasteiger partial charge in [-0.1, -0.05) is 32.6 Å². The van der Waals surface area contributed by atoms with Gasteiger partial charge in [0.05, 0.1) is 13.2 Å². The van der Waals surface area contributed by atoms with Crippen molar-refractivity contribution in [3.05, 3.63) is 40.0 Å². The van der Waals surface area contributed by atoms with E-state index in [1.54, 1.807) is 0 Å². The number of benzene rings is 1. The summed E-state index contributed by atoms with van der Waals surface area (Å²) in [6, 6.07) is 8.09. The lowest BCUT2D eigenvalue weighted by atomic mass is 10.2. The molecule has 4 nitrogen and oxygen atoms in total. The zero-order valence-electron chi connectivity index (χ0n) is 10.0. The molecule has 1 aromatic heterocycles. The largest absolute Gasteiger partial charge is 0.374 e. The molecule has 0 aliphatic heterocycles. The molecule has 0 radical (unpaired) electrons. The summed E-state index contributed by atoms with van der Waals surface area (Å²) in [6.45, 7) is 3.97. The molecule has 0 saturated heterocycles. The Morgan fingerprint density at radius 1 is 1.28 bits per heavy atom. The number of halogens is 1. The van der Waals surface area contributed by atoms with E-state index < -0.39 is 0 Å². The molecule has 0 amide bonds. The quantitative estimate of drug-likeness (QED) is 0.882. The van der Waals surface area contributed by atoms with Crippen molar-refractivity contribution in [1.29, 1.82) is 0 Å². The lowest BCUT2D eigenvalue weighted by molar-refractivity contribution is 0.105. The number of ether oxygens (including phenoxy) is 1. The van der Waals surface area contributed by atoms with Gasteiger partial charge in [0.25, 0.3) is 0 Å². The van der Waals surface area contributed by atoms with Gasteiger partial charge in [-0.2, -0.15) is 0 Å². The maximum absolute atomic E-state index is 5.64. The molecule has 0 aliphatic rings. The molecular weight excluding hydrogens is 314 g/mol. The lowest BCUT2D eigenvalue weighted by Gasteiger charge is -2.04. The minimum Gasteiger partial charge on any atom is -0.374 e. The van der Waals surface area contributed by atoms with Crippen molar-refractivity contribution < 1.29 is 4.74 Å². The van der Waals surface area contributed by atoms with Crippen molar-refractivity contribution in [2.24, 2.45) is 0 Å². The monoisotopic (exact) mass is 327 g/mol. The first-order valence-corrected chi connectivity index (χ1v) is 7.23. The van der Waals surface area contributed by atoms with Crippen molar-refractivity contribution in [1.82, 2.24) is 9.59 Å². The van der Waals surface area contributed by atoms with Gasteiger partial charge in [0.2, 0.25) is 0 Å². The van der Waals surface area contributed by atoms with Crippen LogP contribution in [0.3, 0.4) is 0 Å². The minimum absolute atomic E-state index is 0.481. The maximum Gasteiger partial charge on any atom is 0.135 e. The third-order valence-electron chi connectivity index (χ3n) is 2.31. The molecule has 18 heavy (non-hydrogen) atoms. The van der Waals surface area contributed by atoms with E-state index in [-0.39, 0.29) is 0 Å². The number of rotatable bonds is 6. The first-order valence-electron chi connectivity index (χ1n) is 5.67. The Morgan fingerprint density at radius 3 is 2.78 bits per heavy atom. The molecule has 96 valence electrons. The van der Waals surface area contributed by atoms with E-state index in [2.05, 4.69) is 30.8 Å². The van der Waals surface area contributed by atoms with Gasteiger partial charge in [-0.25, -0.2) is 0 Å². The summed E-state index contributed by atoms with van der Waals surface area (Å²) < 4.78 is 10.6. The van der Waals surface area contributed by atoms with Crippen LogP contribution < -0.4 is 5.32 Å². The van der Waals surface area contributed by atoms with Crippen LogP contribution in [0, 0.1) is 0 Å². The Bertz CT molecular complexity index is 486. The Hall–Kier alpha value is -0.980. The molecule has 2 aromatic rings. The van der Waals surface area contributed by atoms with E-state index in [1.807, 2.05) is 31.2 Å². The molecule has 2 rings (SSSR count). The average Bonchev–Trinajstić information content (AvgIpc) is 2.80. The van der Waals surface area contributed by atoms with Crippen LogP contribution in [-0.2, 0) is 18.0 Å². The highest BCUT2D eigenvalue weighted by Gasteiger charge is 2.06. The van der Waals surface area contributed by atoms with E-state index in [4.69, 9.17) is 4.74 Å². The predicted octanol–water partition coefficient (Wildman–Crippen LogP) is 3.45. The average molecular weight is 328 g/mol. The molecule has 6 heteroatoms. The normalized spacial score (nSPS) is 10.6. The number of hydrogen-bond donors (Lipinski definition) is 1. The lowest BCUT2D eigenvalue weighted by Crippen LogP contribution is -2.00. The summed E-state index contributed by atoms with van der Waals surface area (Å²) in [5.41, 5.74) is 2.02. The topological polar surface area (TPSA) is 47.0 Å². The number of nitrogens with zero attached hydrogens (tertiary/aromatic N) is 2. The van der Waals surface area contributed by atoms with Crippen LogP contribution in [0.15, 0.2) is 28.7 Å². The SMILES string of the molecule is CCNc1snnc1COCc1ccc(Br)cc1. The Morgan fingerprint density at radius 2 is 2.06 bits per heavy atom. The molecule has 1 N–H and O–H groups in total. The summed E-state index contributed by atoms with van der Waals surface area (Å²) in [5, 5.41) is 8.27. The molecular formula is C12H14BrN3OS. The number of anilines is 1. The first-order chi connectivity index (χ1) is 8.79. The van der Waals surface area contributed by atoms with Crippen LogP contribution >= 0.6 is 27.5 Å². The van der Waals surface area contributed by atoms with Crippen molar-refractivity contribution in [2.75, 3.05) is 11.9 Å². The second-order valence-corrected chi connectivity index (χ2v) is 5.37. The van der Waals surface area contributed by atoms with Crippen LogP contribution in [0.4, 0.5) is 5.00 Å². The Labute approximate surface area is 119 Å². The van der Waals surface area contributed by atoms with Crippen LogP contribution in [0.5, 0.6) is 0 Å². The third-order valence-corrected chi connectivity index (χ3v) is 3.57. The first kappa shape index (κ1) is 13.5. The van der Waals surface area contributed by atoms with Crippen LogP contribution in [0.25, 0.3) is 0 Å². The van der Waals surface area contributed by atoms with Gasteiger partial charge >= 0.3 is 0 Å². The van der Waals surface area contributed by atoms with Gasteiger partial charge in [0.1, 0.15) is 10.7 Å². The van der Waals surface area contributed by atoms with Gasteiger partial charge in [-0.05, 0) is 24.6 Å². The van der Waals surface area contributed by atoms with E-state index in [9.17, 15) is 0 Å². The molecule has 0 spiro atoms. The molecule has 0 saturated carbocycles. The summed E-state index contributed by atoms with van der Waals surface area (Å²) in [5.74, 6) is 0. The molecule has 0 bridgehead atoms. The summed E-state index contributed by atoms with van der Waals surface area (Å²) in [6.07, 6.45) is 0. The Kier molecular flexibility index (Phi) is 5.10. The maximum atomic E-state index is 5.64. The second-order valence-electron chi connectivity index (χ2n) is 3.70. The van der Waals surface area contributed by atoms with E-state index in [0.29, 0.717) is 13.2 Å². The zero-order chi connectivity index (χ0) is 12.8. The summed E-state index contributed by atoms with van der Waals surface area (Å²) >= 11 is 4.77. The molecule has 1 heterocycles. The fraction of sp³-hybridized carbons (Fsp3) is 0.333. The molecule has 0 unspecified atom stereocenters. The van der Waals surface area contributed by atoms with Crippen LogP contribution in [0.1, 0.15) is 18.2 Å². The van der Waals surface area contributed by atoms with Gasteiger partial charge in [-0.15, -0.1) is 5.10 Å². The van der Waals surface area contributed by atoms with Gasteiger partial charge in [0, 0.05) is 22.5 Å². The standard InChI is InChI=1S/C12H14BrN3OS/c1-2-14-12-11(15-16-18-12)8-17-7-9-3-5-10(13)6-4-9/h3-6,14H,2,7-8H2,1H3. The highest BCUT2D eigenvalue weighted by Crippen LogP contribution is 2.18. The van der Waals surface area contributed by atoms with Crippen molar-refractivity contribution in [2.45, 2.75) is 20.1 Å².